The number of aliphatic imine (C=N–C) groups is 1. The van der Waals surface area contributed by atoms with Crippen LogP contribution in [0.4, 0.5) is 5.69 Å². The van der Waals surface area contributed by atoms with Gasteiger partial charge in [-0.1, -0.05) is 18.2 Å². The molecule has 0 bridgehead atoms. The van der Waals surface area contributed by atoms with E-state index < -0.39 is 0 Å². The van der Waals surface area contributed by atoms with Crippen LogP contribution in [0.15, 0.2) is 65.8 Å². The molecule has 1 amide bonds. The van der Waals surface area contributed by atoms with Crippen molar-refractivity contribution in [2.45, 2.75) is 25.4 Å². The van der Waals surface area contributed by atoms with E-state index in [0.717, 1.165) is 72.6 Å². The molecule has 42 heavy (non-hydrogen) atoms. The molecule has 4 aromatic rings. The largest absolute Gasteiger partial charge is 0.489 e. The summed E-state index contributed by atoms with van der Waals surface area (Å²) in [6, 6.07) is 20.8. The summed E-state index contributed by atoms with van der Waals surface area (Å²) in [5.41, 5.74) is 6.49. The standard InChI is InChI=1S/C33H34N6O3/c1-35-12-9-32(40)39-14-10-27(11-15-39)42-31-7-4-24(20-25(31)22-34)28-8-13-36-33-29(28)21-30(37-33)23-2-5-26(6-3-23)38-16-18-41-19-17-38/h2-8,12-13,20-21,27H,9-11,14-19H2,1H3,(H,36,37). The number of likely N-dealkylation sites (tertiary alicyclic amines) is 1. The molecule has 2 fully saturated rings. The molecule has 9 nitrogen and oxygen atoms in total. The van der Waals surface area contributed by atoms with E-state index in [1.54, 1.807) is 19.5 Å². The third-order valence-corrected chi connectivity index (χ3v) is 8.03. The lowest BCUT2D eigenvalue weighted by molar-refractivity contribution is -0.131. The summed E-state index contributed by atoms with van der Waals surface area (Å²) in [4.78, 5) is 28.4. The van der Waals surface area contributed by atoms with Crippen LogP contribution in [0.5, 0.6) is 5.75 Å². The fraction of sp³-hybridized carbons (Fsp3) is 0.333. The minimum atomic E-state index is -0.0404. The Balaban J connectivity index is 1.18. The number of nitriles is 1. The number of hydrogen-bond acceptors (Lipinski definition) is 7. The molecule has 1 N–H and O–H groups in total. The molecule has 0 aliphatic carbocycles. The average Bonchev–Trinajstić information content (AvgIpc) is 3.49. The molecule has 0 unspecified atom stereocenters. The summed E-state index contributed by atoms with van der Waals surface area (Å²) in [6.07, 6.45) is 5.17. The molecule has 6 rings (SSSR count). The lowest BCUT2D eigenvalue weighted by atomic mass is 10.0. The fourth-order valence-electron chi connectivity index (χ4n) is 5.70. The number of pyridine rings is 1. The number of aromatic amines is 1. The number of piperidine rings is 1. The van der Waals surface area contributed by atoms with E-state index >= 15 is 0 Å². The molecule has 0 atom stereocenters. The molecule has 9 heteroatoms. The smallest absolute Gasteiger partial charge is 0.227 e. The SMILES string of the molecule is CN=CCC(=O)N1CCC(Oc2ccc(-c3ccnc4[nH]c(-c5ccc(N6CCOCC6)cc5)cc34)cc2C#N)CC1. The molecule has 214 valence electrons. The van der Waals surface area contributed by atoms with Gasteiger partial charge in [-0.15, -0.1) is 0 Å². The minimum Gasteiger partial charge on any atom is -0.489 e. The highest BCUT2D eigenvalue weighted by atomic mass is 16.5. The van der Waals surface area contributed by atoms with Gasteiger partial charge in [-0.25, -0.2) is 4.98 Å². The first-order chi connectivity index (χ1) is 20.6. The Bertz CT molecular complexity index is 1620. The number of carbonyl (C=O) groups is 1. The van der Waals surface area contributed by atoms with Crippen molar-refractivity contribution in [2.24, 2.45) is 4.99 Å². The number of fused-ring (bicyclic) bond motifs is 1. The highest BCUT2D eigenvalue weighted by Crippen LogP contribution is 2.34. The predicted octanol–water partition coefficient (Wildman–Crippen LogP) is 5.07. The van der Waals surface area contributed by atoms with Gasteiger partial charge in [0.2, 0.25) is 5.91 Å². The molecule has 2 saturated heterocycles. The van der Waals surface area contributed by atoms with Crippen molar-refractivity contribution in [3.63, 3.8) is 0 Å². The van der Waals surface area contributed by atoms with Crippen molar-refractivity contribution in [1.29, 1.82) is 5.26 Å². The van der Waals surface area contributed by atoms with E-state index in [1.165, 1.54) is 5.69 Å². The number of H-pyrrole nitrogens is 1. The van der Waals surface area contributed by atoms with E-state index in [4.69, 9.17) is 9.47 Å². The number of carbonyl (C=O) groups excluding carboxylic acids is 1. The van der Waals surface area contributed by atoms with E-state index in [-0.39, 0.29) is 12.0 Å². The van der Waals surface area contributed by atoms with E-state index in [9.17, 15) is 10.1 Å². The van der Waals surface area contributed by atoms with Gasteiger partial charge < -0.3 is 29.2 Å². The first kappa shape index (κ1) is 27.5. The highest BCUT2D eigenvalue weighted by molar-refractivity contribution is 5.96. The first-order valence-electron chi connectivity index (χ1n) is 14.4. The normalized spacial score (nSPS) is 16.2. The van der Waals surface area contributed by atoms with Crippen molar-refractivity contribution in [3.05, 3.63) is 66.4 Å². The van der Waals surface area contributed by atoms with Crippen molar-refractivity contribution in [1.82, 2.24) is 14.9 Å². The van der Waals surface area contributed by atoms with Crippen molar-refractivity contribution < 1.29 is 14.3 Å². The molecule has 2 aromatic heterocycles. The van der Waals surface area contributed by atoms with Gasteiger partial charge >= 0.3 is 0 Å². The Morgan fingerprint density at radius 1 is 1.10 bits per heavy atom. The van der Waals surface area contributed by atoms with E-state index in [2.05, 4.69) is 56.3 Å². The molecule has 4 heterocycles. The number of ether oxygens (including phenoxy) is 2. The van der Waals surface area contributed by atoms with Crippen molar-refractivity contribution in [3.8, 4) is 34.2 Å². The molecule has 0 radical (unpaired) electrons. The second kappa shape index (κ2) is 12.5. The molecule has 2 aliphatic heterocycles. The Hall–Kier alpha value is -4.68. The van der Waals surface area contributed by atoms with Crippen LogP contribution in [-0.2, 0) is 9.53 Å². The zero-order chi connectivity index (χ0) is 28.9. The summed E-state index contributed by atoms with van der Waals surface area (Å²) in [6.45, 7) is 4.61. The number of benzene rings is 2. The maximum absolute atomic E-state index is 12.3. The van der Waals surface area contributed by atoms with Crippen LogP contribution >= 0.6 is 0 Å². The molecule has 2 aromatic carbocycles. The number of morpholine rings is 1. The van der Waals surface area contributed by atoms with Crippen LogP contribution < -0.4 is 9.64 Å². The summed E-state index contributed by atoms with van der Waals surface area (Å²) < 4.78 is 11.7. The first-order valence-corrected chi connectivity index (χ1v) is 14.4. The molecule has 0 spiro atoms. The zero-order valence-electron chi connectivity index (χ0n) is 23.8. The lowest BCUT2D eigenvalue weighted by Gasteiger charge is -2.32. The molecule has 0 saturated carbocycles. The van der Waals surface area contributed by atoms with Gasteiger partial charge in [-0.3, -0.25) is 4.79 Å². The maximum atomic E-state index is 12.3. The topological polar surface area (TPSA) is 107 Å². The summed E-state index contributed by atoms with van der Waals surface area (Å²) in [5.74, 6) is 0.659. The summed E-state index contributed by atoms with van der Waals surface area (Å²) in [5, 5.41) is 11.0. The second-order valence-corrected chi connectivity index (χ2v) is 10.6. The average molecular weight is 563 g/mol. The number of rotatable bonds is 7. The number of nitrogens with one attached hydrogen (secondary N) is 1. The number of anilines is 1. The molecular weight excluding hydrogens is 528 g/mol. The Morgan fingerprint density at radius 3 is 2.60 bits per heavy atom. The Labute approximate surface area is 245 Å². The van der Waals surface area contributed by atoms with Gasteiger partial charge in [0, 0.05) is 75.2 Å². The Morgan fingerprint density at radius 2 is 1.86 bits per heavy atom. The third-order valence-electron chi connectivity index (χ3n) is 8.03. The van der Waals surface area contributed by atoms with Crippen LogP contribution in [0, 0.1) is 11.3 Å². The number of aromatic nitrogens is 2. The van der Waals surface area contributed by atoms with Crippen LogP contribution in [-0.4, -0.2) is 79.5 Å². The second-order valence-electron chi connectivity index (χ2n) is 10.6. The van der Waals surface area contributed by atoms with Gasteiger partial charge in [-0.2, -0.15) is 5.26 Å². The number of hydrogen-bond donors (Lipinski definition) is 1. The third kappa shape index (κ3) is 5.85. The van der Waals surface area contributed by atoms with Gasteiger partial charge in [0.15, 0.2) is 0 Å². The van der Waals surface area contributed by atoms with Crippen molar-refractivity contribution in [2.75, 3.05) is 51.3 Å². The minimum absolute atomic E-state index is 0.0404. The van der Waals surface area contributed by atoms with Crippen LogP contribution in [0.25, 0.3) is 33.4 Å². The molecular formula is C33H34N6O3. The van der Waals surface area contributed by atoms with Crippen molar-refractivity contribution >= 4 is 28.8 Å². The quantitative estimate of drug-likeness (QED) is 0.316. The van der Waals surface area contributed by atoms with Gasteiger partial charge in [0.1, 0.15) is 23.6 Å². The Kier molecular flexibility index (Phi) is 8.15. The summed E-state index contributed by atoms with van der Waals surface area (Å²) in [7, 11) is 1.67. The summed E-state index contributed by atoms with van der Waals surface area (Å²) >= 11 is 0. The molecule has 2 aliphatic rings. The van der Waals surface area contributed by atoms with E-state index in [0.29, 0.717) is 30.8 Å². The van der Waals surface area contributed by atoms with Crippen LogP contribution in [0.1, 0.15) is 24.8 Å². The lowest BCUT2D eigenvalue weighted by Crippen LogP contribution is -2.41. The van der Waals surface area contributed by atoms with Gasteiger partial charge in [0.05, 0.1) is 25.2 Å². The van der Waals surface area contributed by atoms with E-state index in [1.807, 2.05) is 29.2 Å². The number of nitrogens with zero attached hydrogens (tertiary/aromatic N) is 5. The monoisotopic (exact) mass is 562 g/mol. The number of amides is 1. The zero-order valence-corrected chi connectivity index (χ0v) is 23.8. The highest BCUT2D eigenvalue weighted by Gasteiger charge is 2.24. The predicted molar refractivity (Wildman–Crippen MR) is 164 cm³/mol. The van der Waals surface area contributed by atoms with Crippen LogP contribution in [0.2, 0.25) is 0 Å². The van der Waals surface area contributed by atoms with Gasteiger partial charge in [-0.05, 0) is 53.1 Å². The maximum Gasteiger partial charge on any atom is 0.227 e. The van der Waals surface area contributed by atoms with Gasteiger partial charge in [0.25, 0.3) is 0 Å². The van der Waals surface area contributed by atoms with Crippen LogP contribution in [0.3, 0.4) is 0 Å². The fourth-order valence-corrected chi connectivity index (χ4v) is 5.70.